The van der Waals surface area contributed by atoms with Crippen LogP contribution in [-0.4, -0.2) is 39.3 Å². The number of alkyl halides is 2. The highest BCUT2D eigenvalue weighted by Gasteiger charge is 2.44. The number of nitro groups is 1. The molecule has 1 N–H and O–H groups in total. The van der Waals surface area contributed by atoms with E-state index in [1.165, 1.54) is 37.3 Å². The zero-order valence-electron chi connectivity index (χ0n) is 15.1. The van der Waals surface area contributed by atoms with E-state index in [2.05, 4.69) is 5.32 Å². The van der Waals surface area contributed by atoms with Gasteiger partial charge in [-0.3, -0.25) is 29.4 Å². The maximum atomic E-state index is 12.8. The van der Waals surface area contributed by atoms with Crippen LogP contribution in [0, 0.1) is 10.1 Å². The second-order valence-electron chi connectivity index (χ2n) is 6.10. The second kappa shape index (κ2) is 8.36. The van der Waals surface area contributed by atoms with Crippen LogP contribution in [0.25, 0.3) is 0 Å². The quantitative estimate of drug-likeness (QED) is 0.303. The van der Waals surface area contributed by atoms with Crippen molar-refractivity contribution in [2.24, 2.45) is 0 Å². The fourth-order valence-corrected chi connectivity index (χ4v) is 3.87. The van der Waals surface area contributed by atoms with Gasteiger partial charge in [0, 0.05) is 6.07 Å². The Balaban J connectivity index is 1.89. The molecule has 30 heavy (non-hydrogen) atoms. The van der Waals surface area contributed by atoms with Gasteiger partial charge in [-0.25, -0.2) is 0 Å². The molecule has 0 aliphatic carbocycles. The van der Waals surface area contributed by atoms with Gasteiger partial charge < -0.3 is 5.32 Å². The number of nitro benzene ring substituents is 1. The number of carbonyl (C=O) groups is 3. The van der Waals surface area contributed by atoms with Crippen molar-refractivity contribution in [3.8, 4) is 0 Å². The molecule has 0 bridgehead atoms. The molecule has 0 radical (unpaired) electrons. The van der Waals surface area contributed by atoms with Crippen LogP contribution in [0.4, 0.5) is 20.2 Å². The summed E-state index contributed by atoms with van der Waals surface area (Å²) in [5, 5.41) is 13.6. The number of hydrogen-bond donors (Lipinski definition) is 1. The number of nitrogens with zero attached hydrogens (tertiary/aromatic N) is 2. The fourth-order valence-electron chi connectivity index (χ4n) is 2.96. The van der Waals surface area contributed by atoms with Crippen molar-refractivity contribution in [1.29, 1.82) is 0 Å². The molecule has 3 rings (SSSR count). The molecule has 1 unspecified atom stereocenters. The molecule has 156 valence electrons. The van der Waals surface area contributed by atoms with Gasteiger partial charge in [0.2, 0.25) is 5.91 Å². The van der Waals surface area contributed by atoms with E-state index in [1.807, 2.05) is 0 Å². The summed E-state index contributed by atoms with van der Waals surface area (Å²) < 4.78 is 25.6. The zero-order valence-corrected chi connectivity index (χ0v) is 16.7. The lowest BCUT2D eigenvalue weighted by Crippen LogP contribution is -2.45. The van der Waals surface area contributed by atoms with E-state index in [4.69, 9.17) is 11.6 Å². The van der Waals surface area contributed by atoms with E-state index in [0.717, 1.165) is 6.07 Å². The van der Waals surface area contributed by atoms with Crippen LogP contribution in [-0.2, 0) is 4.79 Å². The van der Waals surface area contributed by atoms with Gasteiger partial charge in [-0.05, 0) is 25.1 Å². The minimum absolute atomic E-state index is 0.0119. The van der Waals surface area contributed by atoms with Crippen molar-refractivity contribution in [1.82, 2.24) is 4.90 Å². The van der Waals surface area contributed by atoms with Gasteiger partial charge in [-0.1, -0.05) is 35.5 Å². The first-order valence-corrected chi connectivity index (χ1v) is 9.58. The smallest absolute Gasteiger partial charge is 0.289 e. The molecule has 0 spiro atoms. The molecule has 3 amide bonds. The largest absolute Gasteiger partial charge is 0.323 e. The Labute approximate surface area is 177 Å². The zero-order chi connectivity index (χ0) is 22.2. The minimum Gasteiger partial charge on any atom is -0.323 e. The number of amides is 3. The number of anilines is 1. The van der Waals surface area contributed by atoms with Crippen molar-refractivity contribution in [3.63, 3.8) is 0 Å². The fraction of sp³-hybridized carbons (Fsp3) is 0.167. The highest BCUT2D eigenvalue weighted by Crippen LogP contribution is 2.38. The Bertz CT molecular complexity index is 1080. The SMILES string of the molecule is CC(C(=O)Nc1cccc(Cl)c1SC(F)F)N1C(=O)c2cccc([N+](=O)[O-])c2C1=O. The predicted octanol–water partition coefficient (Wildman–Crippen LogP) is 4.19. The molecule has 0 saturated carbocycles. The first kappa shape index (κ1) is 21.7. The van der Waals surface area contributed by atoms with Crippen molar-refractivity contribution in [2.75, 3.05) is 5.32 Å². The number of thioether (sulfide) groups is 1. The molecule has 0 aromatic heterocycles. The lowest BCUT2D eigenvalue weighted by atomic mass is 10.1. The van der Waals surface area contributed by atoms with Gasteiger partial charge in [-0.15, -0.1) is 0 Å². The molecule has 1 aliphatic heterocycles. The third kappa shape index (κ3) is 3.85. The van der Waals surface area contributed by atoms with Gasteiger partial charge in [0.05, 0.1) is 26.1 Å². The molecule has 12 heteroatoms. The van der Waals surface area contributed by atoms with Crippen molar-refractivity contribution in [2.45, 2.75) is 23.6 Å². The third-order valence-electron chi connectivity index (χ3n) is 4.32. The molecule has 8 nitrogen and oxygen atoms in total. The summed E-state index contributed by atoms with van der Waals surface area (Å²) >= 11 is 6.06. The summed E-state index contributed by atoms with van der Waals surface area (Å²) in [6.45, 7) is 1.24. The van der Waals surface area contributed by atoms with E-state index >= 15 is 0 Å². The van der Waals surface area contributed by atoms with Gasteiger partial charge in [-0.2, -0.15) is 8.78 Å². The first-order valence-electron chi connectivity index (χ1n) is 8.33. The molecule has 2 aromatic carbocycles. The van der Waals surface area contributed by atoms with Crippen LogP contribution in [0.1, 0.15) is 27.6 Å². The monoisotopic (exact) mass is 455 g/mol. The molecule has 1 aliphatic rings. The number of nitrogens with one attached hydrogen (secondary N) is 1. The summed E-state index contributed by atoms with van der Waals surface area (Å²) in [5.74, 6) is -5.51. The molecular weight excluding hydrogens is 444 g/mol. The average molecular weight is 456 g/mol. The minimum atomic E-state index is -2.80. The maximum absolute atomic E-state index is 12.8. The number of rotatable bonds is 6. The Morgan fingerprint density at radius 1 is 1.20 bits per heavy atom. The normalized spacial score (nSPS) is 14.1. The Kier molecular flexibility index (Phi) is 6.04. The summed E-state index contributed by atoms with van der Waals surface area (Å²) in [4.78, 5) is 48.9. The van der Waals surface area contributed by atoms with Gasteiger partial charge in [0.15, 0.2) is 0 Å². The highest BCUT2D eigenvalue weighted by molar-refractivity contribution is 7.99. The first-order chi connectivity index (χ1) is 14.1. The lowest BCUT2D eigenvalue weighted by Gasteiger charge is -2.22. The summed E-state index contributed by atoms with van der Waals surface area (Å²) in [6, 6.07) is 6.36. The van der Waals surface area contributed by atoms with E-state index in [0.29, 0.717) is 4.90 Å². The van der Waals surface area contributed by atoms with Gasteiger partial charge >= 0.3 is 0 Å². The summed E-state index contributed by atoms with van der Waals surface area (Å²) in [5.41, 5.74) is -1.16. The van der Waals surface area contributed by atoms with E-state index in [9.17, 15) is 33.3 Å². The average Bonchev–Trinajstić information content (AvgIpc) is 2.94. The summed E-state index contributed by atoms with van der Waals surface area (Å²) in [6.07, 6.45) is 0. The standard InChI is InChI=1S/C18H12ClF2N3O5S/c1-8(15(25)22-11-6-3-5-10(19)14(11)30-18(20)21)23-16(26)9-4-2-7-12(24(28)29)13(9)17(23)27/h2-8,18H,1H3,(H,22,25). The number of fused-ring (bicyclic) bond motifs is 1. The molecule has 1 heterocycles. The Morgan fingerprint density at radius 2 is 1.87 bits per heavy atom. The third-order valence-corrected chi connectivity index (χ3v) is 5.60. The topological polar surface area (TPSA) is 110 Å². The Hall–Kier alpha value is -3.05. The van der Waals surface area contributed by atoms with E-state index < -0.39 is 45.7 Å². The van der Waals surface area contributed by atoms with Crippen LogP contribution in [0.3, 0.4) is 0 Å². The summed E-state index contributed by atoms with van der Waals surface area (Å²) in [7, 11) is 0. The van der Waals surface area contributed by atoms with Crippen LogP contribution in [0.15, 0.2) is 41.3 Å². The van der Waals surface area contributed by atoms with Gasteiger partial charge in [0.1, 0.15) is 11.6 Å². The molecule has 0 saturated heterocycles. The lowest BCUT2D eigenvalue weighted by molar-refractivity contribution is -0.385. The van der Waals surface area contributed by atoms with Crippen molar-refractivity contribution in [3.05, 3.63) is 62.7 Å². The number of carbonyl (C=O) groups excluding carboxylic acids is 3. The van der Waals surface area contributed by atoms with Crippen LogP contribution in [0.2, 0.25) is 5.02 Å². The molecular formula is C18H12ClF2N3O5S. The highest BCUT2D eigenvalue weighted by atomic mass is 35.5. The van der Waals surface area contributed by atoms with E-state index in [1.54, 1.807) is 0 Å². The van der Waals surface area contributed by atoms with Crippen molar-refractivity contribution < 1.29 is 28.1 Å². The van der Waals surface area contributed by atoms with Gasteiger partial charge in [0.25, 0.3) is 23.3 Å². The molecule has 1 atom stereocenters. The van der Waals surface area contributed by atoms with Crippen LogP contribution in [0.5, 0.6) is 0 Å². The number of imide groups is 1. The van der Waals surface area contributed by atoms with Crippen LogP contribution >= 0.6 is 23.4 Å². The second-order valence-corrected chi connectivity index (χ2v) is 7.50. The number of hydrogen-bond acceptors (Lipinski definition) is 6. The van der Waals surface area contributed by atoms with E-state index in [-0.39, 0.29) is 32.9 Å². The van der Waals surface area contributed by atoms with Crippen molar-refractivity contribution >= 4 is 52.5 Å². The predicted molar refractivity (Wildman–Crippen MR) is 105 cm³/mol. The Morgan fingerprint density at radius 3 is 2.50 bits per heavy atom. The van der Waals surface area contributed by atoms with Crippen LogP contribution < -0.4 is 5.32 Å². The molecule has 0 fully saturated rings. The number of halogens is 3. The maximum Gasteiger partial charge on any atom is 0.289 e. The molecule has 2 aromatic rings. The number of benzene rings is 2.